The number of halogens is 1. The lowest BCUT2D eigenvalue weighted by Crippen LogP contribution is -2.39. The van der Waals surface area contributed by atoms with E-state index in [1.807, 2.05) is 0 Å². The molecule has 27 heavy (non-hydrogen) atoms. The van der Waals surface area contributed by atoms with Gasteiger partial charge in [-0.15, -0.1) is 0 Å². The number of aromatic nitrogens is 2. The highest BCUT2D eigenvalue weighted by molar-refractivity contribution is 7.89. The molecule has 0 bridgehead atoms. The smallest absolute Gasteiger partial charge is 0.241 e. The van der Waals surface area contributed by atoms with Gasteiger partial charge in [0.1, 0.15) is 11.9 Å². The third-order valence-corrected chi connectivity index (χ3v) is 6.19. The van der Waals surface area contributed by atoms with Crippen LogP contribution in [0, 0.1) is 12.7 Å². The molecule has 0 saturated heterocycles. The summed E-state index contributed by atoms with van der Waals surface area (Å²) in [5.41, 5.74) is 0.385. The lowest BCUT2D eigenvalue weighted by Gasteiger charge is -2.29. The third kappa shape index (κ3) is 4.92. The van der Waals surface area contributed by atoms with Crippen molar-refractivity contribution in [2.45, 2.75) is 49.6 Å². The van der Waals surface area contributed by atoms with Gasteiger partial charge >= 0.3 is 0 Å². The van der Waals surface area contributed by atoms with Crippen LogP contribution in [0.3, 0.4) is 0 Å². The Hall–Kier alpha value is -2.26. The normalized spacial score (nSPS) is 20.3. The first-order chi connectivity index (χ1) is 12.9. The van der Waals surface area contributed by atoms with E-state index in [9.17, 15) is 12.8 Å². The number of sulfonamides is 1. The summed E-state index contributed by atoms with van der Waals surface area (Å²) in [4.78, 5) is 8.28. The third-order valence-electron chi connectivity index (χ3n) is 4.51. The number of aryl methyl sites for hydroxylation is 1. The fourth-order valence-corrected chi connectivity index (χ4v) is 4.68. The molecule has 1 aliphatic rings. The van der Waals surface area contributed by atoms with Crippen LogP contribution >= 0.6 is 0 Å². The summed E-state index contributed by atoms with van der Waals surface area (Å²) in [6, 6.07) is 3.48. The highest BCUT2D eigenvalue weighted by Crippen LogP contribution is 2.25. The van der Waals surface area contributed by atoms with Gasteiger partial charge in [0.15, 0.2) is 0 Å². The van der Waals surface area contributed by atoms with Crippen LogP contribution < -0.4 is 14.2 Å². The second-order valence-electron chi connectivity index (χ2n) is 6.52. The van der Waals surface area contributed by atoms with Crippen LogP contribution in [-0.4, -0.2) is 37.6 Å². The van der Waals surface area contributed by atoms with E-state index in [1.165, 1.54) is 31.6 Å². The molecule has 0 spiro atoms. The van der Waals surface area contributed by atoms with Gasteiger partial charge in [-0.25, -0.2) is 17.5 Å². The molecule has 1 N–H and O–H groups in total. The number of hydrogen-bond donors (Lipinski definition) is 1. The molecule has 2 aromatic rings. The minimum absolute atomic E-state index is 0.0558. The standard InChI is InChI=1S/C18H22FN3O4S/c1-12-9-13(19)3-8-16(12)27(23,24)22-14-4-6-15(7-5-14)26-18-11-20-10-17(21-18)25-2/h3,8-11,14-15,22H,4-7H2,1-2H3. The largest absolute Gasteiger partial charge is 0.480 e. The Labute approximate surface area is 158 Å². The van der Waals surface area contributed by atoms with E-state index in [4.69, 9.17) is 9.47 Å². The fourth-order valence-electron chi connectivity index (χ4n) is 3.15. The first kappa shape index (κ1) is 19.5. The van der Waals surface area contributed by atoms with Crippen LogP contribution in [0.25, 0.3) is 0 Å². The molecule has 1 fully saturated rings. The molecule has 0 amide bonds. The molecular formula is C18H22FN3O4S. The van der Waals surface area contributed by atoms with Crippen molar-refractivity contribution in [2.75, 3.05) is 7.11 Å². The molecule has 7 nitrogen and oxygen atoms in total. The molecule has 1 aliphatic carbocycles. The minimum Gasteiger partial charge on any atom is -0.480 e. The highest BCUT2D eigenvalue weighted by atomic mass is 32.2. The molecule has 1 saturated carbocycles. The Kier molecular flexibility index (Phi) is 5.91. The Morgan fingerprint density at radius 2 is 1.85 bits per heavy atom. The number of rotatable bonds is 6. The van der Waals surface area contributed by atoms with Crippen molar-refractivity contribution in [1.29, 1.82) is 0 Å². The maximum absolute atomic E-state index is 13.2. The quantitative estimate of drug-likeness (QED) is 0.809. The first-order valence-corrected chi connectivity index (χ1v) is 10.2. The number of ether oxygens (including phenoxy) is 2. The lowest BCUT2D eigenvalue weighted by atomic mass is 9.94. The van der Waals surface area contributed by atoms with E-state index in [0.29, 0.717) is 43.0 Å². The highest BCUT2D eigenvalue weighted by Gasteiger charge is 2.27. The second-order valence-corrected chi connectivity index (χ2v) is 8.20. The van der Waals surface area contributed by atoms with E-state index >= 15 is 0 Å². The maximum Gasteiger partial charge on any atom is 0.241 e. The Morgan fingerprint density at radius 3 is 2.52 bits per heavy atom. The van der Waals surface area contributed by atoms with Crippen molar-refractivity contribution in [3.05, 3.63) is 42.0 Å². The van der Waals surface area contributed by atoms with E-state index < -0.39 is 15.8 Å². The first-order valence-electron chi connectivity index (χ1n) is 8.68. The molecule has 1 heterocycles. The number of methoxy groups -OCH3 is 1. The maximum atomic E-state index is 13.2. The molecule has 0 atom stereocenters. The van der Waals surface area contributed by atoms with Gasteiger partial charge in [0.25, 0.3) is 0 Å². The summed E-state index contributed by atoms with van der Waals surface area (Å²) >= 11 is 0. The zero-order valence-electron chi connectivity index (χ0n) is 15.2. The van der Waals surface area contributed by atoms with Crippen molar-refractivity contribution < 1.29 is 22.3 Å². The number of benzene rings is 1. The van der Waals surface area contributed by atoms with Crippen molar-refractivity contribution >= 4 is 10.0 Å². The van der Waals surface area contributed by atoms with Crippen LogP contribution in [0.1, 0.15) is 31.2 Å². The topological polar surface area (TPSA) is 90.4 Å². The van der Waals surface area contributed by atoms with Crippen LogP contribution in [0.4, 0.5) is 4.39 Å². The predicted molar refractivity (Wildman–Crippen MR) is 96.7 cm³/mol. The molecule has 146 valence electrons. The van der Waals surface area contributed by atoms with Crippen LogP contribution in [0.5, 0.6) is 11.8 Å². The van der Waals surface area contributed by atoms with Crippen molar-refractivity contribution in [3.8, 4) is 11.8 Å². The van der Waals surface area contributed by atoms with E-state index in [0.717, 1.165) is 6.07 Å². The summed E-state index contributed by atoms with van der Waals surface area (Å²) in [6.45, 7) is 1.58. The summed E-state index contributed by atoms with van der Waals surface area (Å²) < 4.78 is 51.9. The molecule has 3 rings (SSSR count). The summed E-state index contributed by atoms with van der Waals surface area (Å²) in [7, 11) is -2.18. The Morgan fingerprint density at radius 1 is 1.15 bits per heavy atom. The average molecular weight is 395 g/mol. The van der Waals surface area contributed by atoms with Gasteiger partial charge in [-0.1, -0.05) is 0 Å². The van der Waals surface area contributed by atoms with Gasteiger partial charge in [-0.2, -0.15) is 4.98 Å². The Bertz CT molecular complexity index is 899. The summed E-state index contributed by atoms with van der Waals surface area (Å²) in [6.07, 6.45) is 5.62. The van der Waals surface area contributed by atoms with E-state index in [1.54, 1.807) is 6.92 Å². The van der Waals surface area contributed by atoms with E-state index in [2.05, 4.69) is 14.7 Å². The van der Waals surface area contributed by atoms with Crippen molar-refractivity contribution in [3.63, 3.8) is 0 Å². The van der Waals surface area contributed by atoms with Crippen LogP contribution in [-0.2, 0) is 10.0 Å². The number of nitrogens with zero attached hydrogens (tertiary/aromatic N) is 2. The minimum atomic E-state index is -3.69. The molecule has 1 aromatic heterocycles. The van der Waals surface area contributed by atoms with E-state index in [-0.39, 0.29) is 17.0 Å². The van der Waals surface area contributed by atoms with Gasteiger partial charge in [0.2, 0.25) is 21.8 Å². The predicted octanol–water partition coefficient (Wildman–Crippen LogP) is 2.60. The summed E-state index contributed by atoms with van der Waals surface area (Å²) in [5, 5.41) is 0. The molecule has 0 aliphatic heterocycles. The lowest BCUT2D eigenvalue weighted by molar-refractivity contribution is 0.136. The molecule has 1 aromatic carbocycles. The SMILES string of the molecule is COc1cncc(OC2CCC(NS(=O)(=O)c3ccc(F)cc3C)CC2)n1. The average Bonchev–Trinajstić information content (AvgIpc) is 2.63. The van der Waals surface area contributed by atoms with Crippen LogP contribution in [0.15, 0.2) is 35.5 Å². The second kappa shape index (κ2) is 8.18. The number of nitrogens with one attached hydrogen (secondary N) is 1. The van der Waals surface area contributed by atoms with Gasteiger partial charge in [-0.05, 0) is 56.4 Å². The molecule has 9 heteroatoms. The van der Waals surface area contributed by atoms with Gasteiger partial charge in [0.05, 0.1) is 24.4 Å². The van der Waals surface area contributed by atoms with Crippen molar-refractivity contribution in [2.24, 2.45) is 0 Å². The van der Waals surface area contributed by atoms with Crippen molar-refractivity contribution in [1.82, 2.24) is 14.7 Å². The summed E-state index contributed by atoms with van der Waals surface area (Å²) in [5.74, 6) is 0.314. The van der Waals surface area contributed by atoms with Gasteiger partial charge in [0, 0.05) is 6.04 Å². The zero-order valence-corrected chi connectivity index (χ0v) is 16.0. The molecular weight excluding hydrogens is 373 g/mol. The Balaban J connectivity index is 1.57. The van der Waals surface area contributed by atoms with Crippen LogP contribution in [0.2, 0.25) is 0 Å². The zero-order chi connectivity index (χ0) is 19.4. The van der Waals surface area contributed by atoms with Gasteiger partial charge in [-0.3, -0.25) is 4.98 Å². The fraction of sp³-hybridized carbons (Fsp3) is 0.444. The monoisotopic (exact) mass is 395 g/mol. The molecule has 0 radical (unpaired) electrons. The molecule has 0 unspecified atom stereocenters. The number of hydrogen-bond acceptors (Lipinski definition) is 6. The van der Waals surface area contributed by atoms with Gasteiger partial charge < -0.3 is 9.47 Å².